The fourth-order valence-electron chi connectivity index (χ4n) is 1.42. The number of pyridine rings is 1. The molecule has 1 saturated carbocycles. The molecule has 1 aromatic heterocycles. The van der Waals surface area contributed by atoms with Crippen LogP contribution in [0.2, 0.25) is 0 Å². The van der Waals surface area contributed by atoms with Crippen molar-refractivity contribution >= 4 is 0 Å². The first-order valence-corrected chi connectivity index (χ1v) is 4.18. The van der Waals surface area contributed by atoms with E-state index in [2.05, 4.69) is 11.1 Å². The Hall–Kier alpha value is -1.36. The summed E-state index contributed by atoms with van der Waals surface area (Å²) in [6.07, 6.45) is 4.16. The molecule has 1 aliphatic carbocycles. The molecule has 0 amide bonds. The maximum atomic E-state index is 8.67. The van der Waals surface area contributed by atoms with Gasteiger partial charge < -0.3 is 0 Å². The lowest BCUT2D eigenvalue weighted by Gasteiger charge is -2.01. The van der Waals surface area contributed by atoms with Gasteiger partial charge in [-0.15, -0.1) is 0 Å². The highest BCUT2D eigenvalue weighted by Crippen LogP contribution is 2.41. The van der Waals surface area contributed by atoms with E-state index in [0.717, 1.165) is 5.69 Å². The van der Waals surface area contributed by atoms with Crippen LogP contribution >= 0.6 is 0 Å². The second-order valence-corrected chi connectivity index (χ2v) is 3.28. The Balaban J connectivity index is 2.44. The average molecular weight is 158 g/mol. The standard InChI is InChI=1S/C10H10N2/c1-7-10(9-2-3-9)4-8(5-11)6-12-7/h4,6,9H,2-3H2,1H3. The molecular weight excluding hydrogens is 148 g/mol. The molecule has 0 atom stereocenters. The van der Waals surface area contributed by atoms with Crippen molar-refractivity contribution < 1.29 is 0 Å². The van der Waals surface area contributed by atoms with E-state index >= 15 is 0 Å². The molecule has 0 saturated heterocycles. The van der Waals surface area contributed by atoms with E-state index in [1.54, 1.807) is 6.20 Å². The SMILES string of the molecule is Cc1ncc(C#N)cc1C1CC1. The van der Waals surface area contributed by atoms with Crippen LogP contribution in [0.4, 0.5) is 0 Å². The molecule has 1 fully saturated rings. The summed E-state index contributed by atoms with van der Waals surface area (Å²) in [6, 6.07) is 4.09. The normalized spacial score (nSPS) is 15.7. The molecule has 0 unspecified atom stereocenters. The maximum Gasteiger partial charge on any atom is 0.101 e. The topological polar surface area (TPSA) is 36.7 Å². The molecule has 0 aliphatic heterocycles. The van der Waals surface area contributed by atoms with Gasteiger partial charge in [0.1, 0.15) is 6.07 Å². The van der Waals surface area contributed by atoms with Gasteiger partial charge in [0, 0.05) is 11.9 Å². The van der Waals surface area contributed by atoms with Crippen LogP contribution in [-0.2, 0) is 0 Å². The van der Waals surface area contributed by atoms with Gasteiger partial charge in [0.05, 0.1) is 5.56 Å². The van der Waals surface area contributed by atoms with E-state index in [-0.39, 0.29) is 0 Å². The number of aromatic nitrogens is 1. The van der Waals surface area contributed by atoms with E-state index in [0.29, 0.717) is 11.5 Å². The predicted octanol–water partition coefficient (Wildman–Crippen LogP) is 2.14. The van der Waals surface area contributed by atoms with E-state index in [1.807, 2.05) is 13.0 Å². The minimum absolute atomic E-state index is 0.683. The van der Waals surface area contributed by atoms with Crippen molar-refractivity contribution in [2.45, 2.75) is 25.7 Å². The Morgan fingerprint density at radius 1 is 1.58 bits per heavy atom. The van der Waals surface area contributed by atoms with Crippen LogP contribution in [0.3, 0.4) is 0 Å². The molecule has 2 heteroatoms. The van der Waals surface area contributed by atoms with Gasteiger partial charge in [-0.1, -0.05) is 0 Å². The second kappa shape index (κ2) is 2.60. The third-order valence-corrected chi connectivity index (χ3v) is 2.27. The molecule has 2 nitrogen and oxygen atoms in total. The summed E-state index contributed by atoms with van der Waals surface area (Å²) in [7, 11) is 0. The van der Waals surface area contributed by atoms with Crippen molar-refractivity contribution in [1.82, 2.24) is 4.98 Å². The van der Waals surface area contributed by atoms with Crippen LogP contribution in [0.25, 0.3) is 0 Å². The molecule has 12 heavy (non-hydrogen) atoms. The Bertz CT molecular complexity index is 345. The minimum atomic E-state index is 0.683. The number of nitrogens with zero attached hydrogens (tertiary/aromatic N) is 2. The number of rotatable bonds is 1. The lowest BCUT2D eigenvalue weighted by Crippen LogP contribution is -1.91. The summed E-state index contributed by atoms with van der Waals surface area (Å²) < 4.78 is 0. The van der Waals surface area contributed by atoms with Crippen LogP contribution in [0.15, 0.2) is 12.3 Å². The molecule has 2 rings (SSSR count). The average Bonchev–Trinajstić information content (AvgIpc) is 2.88. The van der Waals surface area contributed by atoms with E-state index in [1.165, 1.54) is 18.4 Å². The van der Waals surface area contributed by atoms with Gasteiger partial charge in [-0.05, 0) is 37.3 Å². The lowest BCUT2D eigenvalue weighted by molar-refractivity contribution is 1.03. The summed E-state index contributed by atoms with van der Waals surface area (Å²) in [6.45, 7) is 2.01. The minimum Gasteiger partial charge on any atom is -0.260 e. The van der Waals surface area contributed by atoms with Crippen molar-refractivity contribution in [3.05, 3.63) is 29.1 Å². The highest BCUT2D eigenvalue weighted by atomic mass is 14.7. The molecular formula is C10H10N2. The summed E-state index contributed by atoms with van der Waals surface area (Å²) >= 11 is 0. The summed E-state index contributed by atoms with van der Waals surface area (Å²) in [5, 5.41) is 8.67. The highest BCUT2D eigenvalue weighted by molar-refractivity contribution is 5.36. The first-order chi connectivity index (χ1) is 5.81. The first-order valence-electron chi connectivity index (χ1n) is 4.18. The van der Waals surface area contributed by atoms with E-state index in [4.69, 9.17) is 5.26 Å². The van der Waals surface area contributed by atoms with E-state index < -0.39 is 0 Å². The molecule has 60 valence electrons. The van der Waals surface area contributed by atoms with Crippen LogP contribution < -0.4 is 0 Å². The van der Waals surface area contributed by atoms with Gasteiger partial charge in [-0.25, -0.2) is 0 Å². The first kappa shape index (κ1) is 7.30. The van der Waals surface area contributed by atoms with Gasteiger partial charge >= 0.3 is 0 Å². The van der Waals surface area contributed by atoms with Crippen LogP contribution in [0.5, 0.6) is 0 Å². The molecule has 0 spiro atoms. The van der Waals surface area contributed by atoms with Gasteiger partial charge in [0.25, 0.3) is 0 Å². The zero-order valence-corrected chi connectivity index (χ0v) is 7.04. The molecule has 0 radical (unpaired) electrons. The smallest absolute Gasteiger partial charge is 0.101 e. The molecule has 1 heterocycles. The van der Waals surface area contributed by atoms with Crippen LogP contribution in [0.1, 0.15) is 35.6 Å². The van der Waals surface area contributed by atoms with Crippen molar-refractivity contribution in [3.63, 3.8) is 0 Å². The van der Waals surface area contributed by atoms with Crippen molar-refractivity contribution in [3.8, 4) is 6.07 Å². The summed E-state index contributed by atoms with van der Waals surface area (Å²) in [5.41, 5.74) is 3.04. The van der Waals surface area contributed by atoms with Gasteiger partial charge in [-0.2, -0.15) is 5.26 Å². The quantitative estimate of drug-likeness (QED) is 0.627. The molecule has 0 N–H and O–H groups in total. The van der Waals surface area contributed by atoms with Crippen LogP contribution in [-0.4, -0.2) is 4.98 Å². The number of hydrogen-bond donors (Lipinski definition) is 0. The van der Waals surface area contributed by atoms with Gasteiger partial charge in [0.2, 0.25) is 0 Å². The number of hydrogen-bond acceptors (Lipinski definition) is 2. The molecule has 0 aromatic carbocycles. The fraction of sp³-hybridized carbons (Fsp3) is 0.400. The largest absolute Gasteiger partial charge is 0.260 e. The molecule has 1 aliphatic rings. The third kappa shape index (κ3) is 1.18. The van der Waals surface area contributed by atoms with Crippen LogP contribution in [0, 0.1) is 18.3 Å². The summed E-state index contributed by atoms with van der Waals surface area (Å²) in [5.74, 6) is 0.686. The number of nitriles is 1. The summed E-state index contributed by atoms with van der Waals surface area (Å²) in [4.78, 5) is 4.19. The van der Waals surface area contributed by atoms with E-state index in [9.17, 15) is 0 Å². The highest BCUT2D eigenvalue weighted by Gasteiger charge is 2.25. The van der Waals surface area contributed by atoms with Crippen molar-refractivity contribution in [2.75, 3.05) is 0 Å². The fourth-order valence-corrected chi connectivity index (χ4v) is 1.42. The predicted molar refractivity (Wildman–Crippen MR) is 45.7 cm³/mol. The number of aryl methyl sites for hydroxylation is 1. The Kier molecular flexibility index (Phi) is 1.58. The van der Waals surface area contributed by atoms with Gasteiger partial charge in [-0.3, -0.25) is 4.98 Å². The third-order valence-electron chi connectivity index (χ3n) is 2.27. The van der Waals surface area contributed by atoms with Crippen molar-refractivity contribution in [1.29, 1.82) is 5.26 Å². The maximum absolute atomic E-state index is 8.67. The Morgan fingerprint density at radius 2 is 2.33 bits per heavy atom. The zero-order valence-electron chi connectivity index (χ0n) is 7.04. The molecule has 0 bridgehead atoms. The monoisotopic (exact) mass is 158 g/mol. The molecule has 1 aromatic rings. The Morgan fingerprint density at radius 3 is 2.92 bits per heavy atom. The zero-order chi connectivity index (χ0) is 8.55. The Labute approximate surface area is 71.9 Å². The lowest BCUT2D eigenvalue weighted by atomic mass is 10.1. The van der Waals surface area contributed by atoms with Crippen molar-refractivity contribution in [2.24, 2.45) is 0 Å². The second-order valence-electron chi connectivity index (χ2n) is 3.28. The van der Waals surface area contributed by atoms with Gasteiger partial charge in [0.15, 0.2) is 0 Å².